The fraction of sp³-hybridized carbons (Fsp3) is 0.130. The van der Waals surface area contributed by atoms with E-state index in [4.69, 9.17) is 4.74 Å². The molecule has 3 heterocycles. The van der Waals surface area contributed by atoms with Crippen molar-refractivity contribution in [1.82, 2.24) is 9.97 Å². The Kier molecular flexibility index (Phi) is 3.45. The molecule has 0 spiro atoms. The van der Waals surface area contributed by atoms with Crippen molar-refractivity contribution in [3.8, 4) is 17.0 Å². The van der Waals surface area contributed by atoms with Crippen molar-refractivity contribution < 1.29 is 4.74 Å². The molecular weight excluding hydrogens is 320 g/mol. The van der Waals surface area contributed by atoms with Crippen molar-refractivity contribution in [1.29, 1.82) is 0 Å². The molecule has 0 radical (unpaired) electrons. The second kappa shape index (κ2) is 5.95. The highest BCUT2D eigenvalue weighted by molar-refractivity contribution is 5.79. The molecule has 3 heteroatoms. The summed E-state index contributed by atoms with van der Waals surface area (Å²) >= 11 is 0. The molecule has 0 fully saturated rings. The first-order valence-electron chi connectivity index (χ1n) is 8.84. The van der Waals surface area contributed by atoms with Gasteiger partial charge in [0.1, 0.15) is 11.9 Å². The standard InChI is InChI=1S/C23H18N2O/c1-15-11-12-17-16-7-6-8-18(19-9-2-4-13-24-19)22(16)26-23(17)21(15)20-10-3-5-14-25-20/h2-14,16,22H,1H3. The maximum atomic E-state index is 6.54. The molecule has 5 rings (SSSR count). The van der Waals surface area contributed by atoms with Crippen LogP contribution in [0.3, 0.4) is 0 Å². The van der Waals surface area contributed by atoms with Crippen molar-refractivity contribution in [3.05, 3.63) is 96.0 Å². The maximum absolute atomic E-state index is 6.54. The van der Waals surface area contributed by atoms with Crippen LogP contribution in [0.5, 0.6) is 5.75 Å². The summed E-state index contributed by atoms with van der Waals surface area (Å²) in [6.07, 6.45) is 10.1. The van der Waals surface area contributed by atoms with Crippen LogP contribution in [-0.4, -0.2) is 16.1 Å². The Labute approximate surface area is 152 Å². The zero-order chi connectivity index (χ0) is 17.5. The number of allylic oxidation sites excluding steroid dienone is 2. The molecule has 0 saturated carbocycles. The quantitative estimate of drug-likeness (QED) is 0.663. The van der Waals surface area contributed by atoms with Crippen LogP contribution >= 0.6 is 0 Å². The lowest BCUT2D eigenvalue weighted by molar-refractivity contribution is 0.278. The molecule has 1 aromatic carbocycles. The Bertz CT molecular complexity index is 1020. The maximum Gasteiger partial charge on any atom is 0.136 e. The minimum Gasteiger partial charge on any atom is -0.484 e. The van der Waals surface area contributed by atoms with Crippen LogP contribution in [-0.2, 0) is 0 Å². The van der Waals surface area contributed by atoms with Gasteiger partial charge in [-0.3, -0.25) is 9.97 Å². The number of benzene rings is 1. The number of rotatable bonds is 2. The minimum absolute atomic E-state index is 0.0471. The summed E-state index contributed by atoms with van der Waals surface area (Å²) in [6, 6.07) is 16.3. The van der Waals surface area contributed by atoms with Crippen molar-refractivity contribution >= 4 is 5.57 Å². The molecule has 1 aliphatic carbocycles. The second-order valence-corrected chi connectivity index (χ2v) is 6.68. The number of aromatic nitrogens is 2. The van der Waals surface area contributed by atoms with Crippen LogP contribution < -0.4 is 4.74 Å². The molecule has 0 bridgehead atoms. The van der Waals surface area contributed by atoms with Gasteiger partial charge in [0.25, 0.3) is 0 Å². The topological polar surface area (TPSA) is 35.0 Å². The highest BCUT2D eigenvalue weighted by Crippen LogP contribution is 2.50. The fourth-order valence-corrected chi connectivity index (χ4v) is 3.88. The van der Waals surface area contributed by atoms with E-state index in [9.17, 15) is 0 Å². The molecule has 0 N–H and O–H groups in total. The molecule has 2 aromatic heterocycles. The number of fused-ring (bicyclic) bond motifs is 3. The van der Waals surface area contributed by atoms with Crippen molar-refractivity contribution in [2.75, 3.05) is 0 Å². The summed E-state index contributed by atoms with van der Waals surface area (Å²) in [5, 5.41) is 0. The molecule has 2 unspecified atom stereocenters. The number of nitrogens with zero attached hydrogens (tertiary/aromatic N) is 2. The molecule has 126 valence electrons. The Morgan fingerprint density at radius 3 is 2.38 bits per heavy atom. The second-order valence-electron chi connectivity index (χ2n) is 6.68. The van der Waals surface area contributed by atoms with E-state index >= 15 is 0 Å². The highest BCUT2D eigenvalue weighted by Gasteiger charge is 2.39. The third kappa shape index (κ3) is 2.28. The van der Waals surface area contributed by atoms with E-state index < -0.39 is 0 Å². The van der Waals surface area contributed by atoms with E-state index in [1.54, 1.807) is 0 Å². The van der Waals surface area contributed by atoms with Gasteiger partial charge in [0.2, 0.25) is 0 Å². The first-order valence-corrected chi connectivity index (χ1v) is 8.84. The van der Waals surface area contributed by atoms with Crippen LogP contribution in [0.15, 0.2) is 79.2 Å². The first kappa shape index (κ1) is 15.1. The van der Waals surface area contributed by atoms with Gasteiger partial charge >= 0.3 is 0 Å². The monoisotopic (exact) mass is 338 g/mol. The molecule has 1 aliphatic heterocycles. The molecule has 0 amide bonds. The normalized spacial score (nSPS) is 20.1. The van der Waals surface area contributed by atoms with Gasteiger partial charge in [-0.2, -0.15) is 0 Å². The zero-order valence-electron chi connectivity index (χ0n) is 14.5. The van der Waals surface area contributed by atoms with Crippen LogP contribution in [0.1, 0.15) is 22.7 Å². The van der Waals surface area contributed by atoms with Crippen LogP contribution in [0.25, 0.3) is 16.8 Å². The van der Waals surface area contributed by atoms with Gasteiger partial charge in [-0.15, -0.1) is 0 Å². The van der Waals surface area contributed by atoms with Gasteiger partial charge < -0.3 is 4.74 Å². The van der Waals surface area contributed by atoms with Crippen LogP contribution in [0, 0.1) is 6.92 Å². The summed E-state index contributed by atoms with van der Waals surface area (Å²) in [5.41, 5.74) is 6.53. The van der Waals surface area contributed by atoms with E-state index in [-0.39, 0.29) is 12.0 Å². The lowest BCUT2D eigenvalue weighted by Crippen LogP contribution is -2.22. The Morgan fingerprint density at radius 2 is 1.65 bits per heavy atom. The highest BCUT2D eigenvalue weighted by atomic mass is 16.5. The Hall–Kier alpha value is -3.20. The SMILES string of the molecule is Cc1ccc2c(c1-c1ccccn1)OC1C(c3ccccn3)=CC=CC21. The first-order chi connectivity index (χ1) is 12.8. The average Bonchev–Trinajstić information content (AvgIpc) is 3.07. The third-order valence-corrected chi connectivity index (χ3v) is 5.11. The molecule has 2 atom stereocenters. The molecule has 3 nitrogen and oxygen atoms in total. The minimum atomic E-state index is -0.0471. The predicted molar refractivity (Wildman–Crippen MR) is 103 cm³/mol. The average molecular weight is 338 g/mol. The van der Waals surface area contributed by atoms with Crippen molar-refractivity contribution in [2.45, 2.75) is 18.9 Å². The lowest BCUT2D eigenvalue weighted by Gasteiger charge is -2.22. The summed E-state index contributed by atoms with van der Waals surface area (Å²) in [5.74, 6) is 1.15. The van der Waals surface area contributed by atoms with E-state index in [2.05, 4.69) is 47.3 Å². The van der Waals surface area contributed by atoms with Gasteiger partial charge in [-0.1, -0.05) is 42.5 Å². The number of hydrogen-bond acceptors (Lipinski definition) is 3. The number of ether oxygens (including phenoxy) is 1. The molecule has 2 aliphatic rings. The van der Waals surface area contributed by atoms with E-state index in [1.165, 1.54) is 11.1 Å². The van der Waals surface area contributed by atoms with Crippen LogP contribution in [0.4, 0.5) is 0 Å². The van der Waals surface area contributed by atoms with Gasteiger partial charge in [0.05, 0.1) is 11.4 Å². The van der Waals surface area contributed by atoms with Crippen molar-refractivity contribution in [2.24, 2.45) is 0 Å². The molecule has 0 saturated heterocycles. The Morgan fingerprint density at radius 1 is 0.885 bits per heavy atom. The van der Waals surface area contributed by atoms with Gasteiger partial charge in [-0.25, -0.2) is 0 Å². The third-order valence-electron chi connectivity index (χ3n) is 5.11. The van der Waals surface area contributed by atoms with Crippen LogP contribution in [0.2, 0.25) is 0 Å². The largest absolute Gasteiger partial charge is 0.484 e. The van der Waals surface area contributed by atoms with E-state index in [0.29, 0.717) is 0 Å². The van der Waals surface area contributed by atoms with Gasteiger partial charge in [0.15, 0.2) is 0 Å². The summed E-state index contributed by atoms with van der Waals surface area (Å²) in [7, 11) is 0. The summed E-state index contributed by atoms with van der Waals surface area (Å²) < 4.78 is 6.54. The number of pyridine rings is 2. The van der Waals surface area contributed by atoms with E-state index in [1.807, 2.05) is 48.8 Å². The lowest BCUT2D eigenvalue weighted by atomic mass is 9.85. The Balaban J connectivity index is 1.64. The molecule has 3 aromatic rings. The summed E-state index contributed by atoms with van der Waals surface area (Å²) in [6.45, 7) is 2.11. The predicted octanol–water partition coefficient (Wildman–Crippen LogP) is 4.95. The van der Waals surface area contributed by atoms with Gasteiger partial charge in [-0.05, 0) is 36.8 Å². The fourth-order valence-electron chi connectivity index (χ4n) is 3.88. The zero-order valence-corrected chi connectivity index (χ0v) is 14.5. The molecule has 26 heavy (non-hydrogen) atoms. The van der Waals surface area contributed by atoms with Crippen molar-refractivity contribution in [3.63, 3.8) is 0 Å². The van der Waals surface area contributed by atoms with E-state index in [0.717, 1.165) is 28.3 Å². The molecular formula is C23H18N2O. The van der Waals surface area contributed by atoms with Gasteiger partial charge in [0, 0.05) is 35.0 Å². The summed E-state index contributed by atoms with van der Waals surface area (Å²) in [4.78, 5) is 9.09. The number of aryl methyl sites for hydroxylation is 1. The smallest absolute Gasteiger partial charge is 0.136 e. The number of hydrogen-bond donors (Lipinski definition) is 0.